The quantitative estimate of drug-likeness (QED) is 0.784. The van der Waals surface area contributed by atoms with E-state index >= 15 is 0 Å². The van der Waals surface area contributed by atoms with E-state index in [4.69, 9.17) is 4.52 Å². The molecule has 0 bridgehead atoms. The average molecular weight is 222 g/mol. The minimum atomic E-state index is 0.262. The number of aryl methyl sites for hydroxylation is 2. The third-order valence-electron chi connectivity index (χ3n) is 3.23. The number of hydrogen-bond acceptors (Lipinski definition) is 3. The SMILES string of the molecule is Cc1noc(C)c1CCC(=O)N1CCCC1. The molecule has 1 aromatic rings. The molecule has 1 amide bonds. The van der Waals surface area contributed by atoms with Gasteiger partial charge in [-0.2, -0.15) is 0 Å². The summed E-state index contributed by atoms with van der Waals surface area (Å²) in [5.74, 6) is 1.10. The number of carbonyl (C=O) groups is 1. The van der Waals surface area contributed by atoms with E-state index in [1.807, 2.05) is 18.7 Å². The van der Waals surface area contributed by atoms with Crippen molar-refractivity contribution in [2.45, 2.75) is 39.5 Å². The Morgan fingerprint density at radius 1 is 1.38 bits per heavy atom. The fourth-order valence-electron chi connectivity index (χ4n) is 2.22. The summed E-state index contributed by atoms with van der Waals surface area (Å²) in [6.07, 6.45) is 3.62. The highest BCUT2D eigenvalue weighted by Gasteiger charge is 2.18. The van der Waals surface area contributed by atoms with Crippen LogP contribution in [0.4, 0.5) is 0 Å². The molecular formula is C12H18N2O2. The second-order valence-electron chi connectivity index (χ2n) is 4.39. The van der Waals surface area contributed by atoms with E-state index in [1.54, 1.807) is 0 Å². The van der Waals surface area contributed by atoms with Crippen LogP contribution in [0.5, 0.6) is 0 Å². The van der Waals surface area contributed by atoms with Crippen LogP contribution >= 0.6 is 0 Å². The Kier molecular flexibility index (Phi) is 3.27. The monoisotopic (exact) mass is 222 g/mol. The fraction of sp³-hybridized carbons (Fsp3) is 0.667. The Labute approximate surface area is 95.6 Å². The topological polar surface area (TPSA) is 46.3 Å². The number of nitrogens with zero attached hydrogens (tertiary/aromatic N) is 2. The van der Waals surface area contributed by atoms with Gasteiger partial charge in [-0.05, 0) is 33.1 Å². The number of likely N-dealkylation sites (tertiary alicyclic amines) is 1. The molecule has 0 spiro atoms. The van der Waals surface area contributed by atoms with Gasteiger partial charge in [0.1, 0.15) is 5.76 Å². The van der Waals surface area contributed by atoms with Gasteiger partial charge in [-0.3, -0.25) is 4.79 Å². The van der Waals surface area contributed by atoms with Crippen LogP contribution in [0.15, 0.2) is 4.52 Å². The largest absolute Gasteiger partial charge is 0.361 e. The van der Waals surface area contributed by atoms with Gasteiger partial charge >= 0.3 is 0 Å². The van der Waals surface area contributed by atoms with E-state index in [0.29, 0.717) is 6.42 Å². The lowest BCUT2D eigenvalue weighted by molar-refractivity contribution is -0.130. The van der Waals surface area contributed by atoms with Crippen LogP contribution in [0.2, 0.25) is 0 Å². The number of amides is 1. The van der Waals surface area contributed by atoms with Crippen LogP contribution in [0.3, 0.4) is 0 Å². The maximum atomic E-state index is 11.8. The molecule has 16 heavy (non-hydrogen) atoms. The summed E-state index contributed by atoms with van der Waals surface area (Å²) in [5.41, 5.74) is 2.00. The Balaban J connectivity index is 1.89. The van der Waals surface area contributed by atoms with Crippen LogP contribution in [-0.4, -0.2) is 29.1 Å². The molecular weight excluding hydrogens is 204 g/mol. The Morgan fingerprint density at radius 2 is 2.06 bits per heavy atom. The first-order valence-corrected chi connectivity index (χ1v) is 5.88. The molecule has 2 heterocycles. The van der Waals surface area contributed by atoms with Gasteiger partial charge in [-0.25, -0.2) is 0 Å². The highest BCUT2D eigenvalue weighted by molar-refractivity contribution is 5.76. The van der Waals surface area contributed by atoms with Crippen LogP contribution < -0.4 is 0 Å². The summed E-state index contributed by atoms with van der Waals surface area (Å²) in [4.78, 5) is 13.8. The number of aromatic nitrogens is 1. The van der Waals surface area contributed by atoms with E-state index in [1.165, 1.54) is 0 Å². The van der Waals surface area contributed by atoms with E-state index < -0.39 is 0 Å². The summed E-state index contributed by atoms with van der Waals surface area (Å²) in [6, 6.07) is 0. The van der Waals surface area contributed by atoms with Crippen molar-refractivity contribution in [3.05, 3.63) is 17.0 Å². The van der Waals surface area contributed by atoms with Crippen molar-refractivity contribution >= 4 is 5.91 Å². The lowest BCUT2D eigenvalue weighted by Gasteiger charge is -2.14. The number of carbonyl (C=O) groups excluding carboxylic acids is 1. The molecule has 1 saturated heterocycles. The van der Waals surface area contributed by atoms with Gasteiger partial charge in [-0.15, -0.1) is 0 Å². The molecule has 4 nitrogen and oxygen atoms in total. The van der Waals surface area contributed by atoms with E-state index in [2.05, 4.69) is 5.16 Å². The molecule has 1 aliphatic heterocycles. The maximum Gasteiger partial charge on any atom is 0.222 e. The van der Waals surface area contributed by atoms with Crippen molar-refractivity contribution < 1.29 is 9.32 Å². The number of rotatable bonds is 3. The highest BCUT2D eigenvalue weighted by Crippen LogP contribution is 2.16. The lowest BCUT2D eigenvalue weighted by Crippen LogP contribution is -2.27. The second-order valence-corrected chi connectivity index (χ2v) is 4.39. The molecule has 0 N–H and O–H groups in total. The van der Waals surface area contributed by atoms with Gasteiger partial charge in [0.05, 0.1) is 5.69 Å². The van der Waals surface area contributed by atoms with Crippen molar-refractivity contribution in [2.75, 3.05) is 13.1 Å². The Morgan fingerprint density at radius 3 is 2.62 bits per heavy atom. The Bertz CT molecular complexity index is 359. The van der Waals surface area contributed by atoms with Gasteiger partial charge in [0.25, 0.3) is 0 Å². The summed E-state index contributed by atoms with van der Waals surface area (Å²) < 4.78 is 5.08. The summed E-state index contributed by atoms with van der Waals surface area (Å²) in [5, 5.41) is 3.89. The smallest absolute Gasteiger partial charge is 0.222 e. The average Bonchev–Trinajstić information content (AvgIpc) is 2.87. The molecule has 0 atom stereocenters. The van der Waals surface area contributed by atoms with Crippen molar-refractivity contribution in [3.63, 3.8) is 0 Å². The predicted octanol–water partition coefficient (Wildman–Crippen LogP) is 1.85. The molecule has 1 aromatic heterocycles. The zero-order chi connectivity index (χ0) is 11.5. The van der Waals surface area contributed by atoms with E-state index in [-0.39, 0.29) is 5.91 Å². The molecule has 0 unspecified atom stereocenters. The van der Waals surface area contributed by atoms with Crippen LogP contribution in [-0.2, 0) is 11.2 Å². The van der Waals surface area contributed by atoms with Crippen molar-refractivity contribution in [1.29, 1.82) is 0 Å². The van der Waals surface area contributed by atoms with Gasteiger partial charge in [0.2, 0.25) is 5.91 Å². The predicted molar refractivity (Wildman–Crippen MR) is 60.1 cm³/mol. The normalized spacial score (nSPS) is 15.8. The van der Waals surface area contributed by atoms with E-state index in [0.717, 1.165) is 49.4 Å². The molecule has 2 rings (SSSR count). The zero-order valence-corrected chi connectivity index (χ0v) is 9.95. The minimum absolute atomic E-state index is 0.262. The molecule has 1 aliphatic rings. The van der Waals surface area contributed by atoms with Crippen LogP contribution in [0.25, 0.3) is 0 Å². The van der Waals surface area contributed by atoms with Crippen molar-refractivity contribution in [3.8, 4) is 0 Å². The first-order chi connectivity index (χ1) is 7.68. The number of hydrogen-bond donors (Lipinski definition) is 0. The van der Waals surface area contributed by atoms with Gasteiger partial charge in [0, 0.05) is 25.1 Å². The van der Waals surface area contributed by atoms with Gasteiger partial charge < -0.3 is 9.42 Å². The molecule has 0 aliphatic carbocycles. The van der Waals surface area contributed by atoms with Crippen LogP contribution in [0, 0.1) is 13.8 Å². The zero-order valence-electron chi connectivity index (χ0n) is 9.95. The fourth-order valence-corrected chi connectivity index (χ4v) is 2.22. The molecule has 0 aromatic carbocycles. The van der Waals surface area contributed by atoms with Gasteiger partial charge in [0.15, 0.2) is 0 Å². The third kappa shape index (κ3) is 2.26. The minimum Gasteiger partial charge on any atom is -0.361 e. The highest BCUT2D eigenvalue weighted by atomic mass is 16.5. The second kappa shape index (κ2) is 4.68. The molecule has 1 fully saturated rings. The van der Waals surface area contributed by atoms with Gasteiger partial charge in [-0.1, -0.05) is 5.16 Å². The van der Waals surface area contributed by atoms with Crippen LogP contribution in [0.1, 0.15) is 36.3 Å². The maximum absolute atomic E-state index is 11.8. The first-order valence-electron chi connectivity index (χ1n) is 5.88. The van der Waals surface area contributed by atoms with Crippen molar-refractivity contribution in [1.82, 2.24) is 10.1 Å². The molecule has 0 radical (unpaired) electrons. The third-order valence-corrected chi connectivity index (χ3v) is 3.23. The summed E-state index contributed by atoms with van der Waals surface area (Å²) in [6.45, 7) is 5.68. The summed E-state index contributed by atoms with van der Waals surface area (Å²) in [7, 11) is 0. The standard InChI is InChI=1S/C12H18N2O2/c1-9-11(10(2)16-13-9)5-6-12(15)14-7-3-4-8-14/h3-8H2,1-2H3. The summed E-state index contributed by atoms with van der Waals surface area (Å²) >= 11 is 0. The lowest BCUT2D eigenvalue weighted by atomic mass is 10.1. The first kappa shape index (κ1) is 11.2. The van der Waals surface area contributed by atoms with E-state index in [9.17, 15) is 4.79 Å². The molecule has 88 valence electrons. The molecule has 4 heteroatoms. The van der Waals surface area contributed by atoms with Crippen molar-refractivity contribution in [2.24, 2.45) is 0 Å². The Hall–Kier alpha value is -1.32. The molecule has 0 saturated carbocycles.